The molecule has 6 nitrogen and oxygen atoms in total. The molecule has 3 aromatic rings. The molecule has 5 rings (SSSR count). The maximum Gasteiger partial charge on any atom is 0.236 e. The van der Waals surface area contributed by atoms with Gasteiger partial charge < -0.3 is 20.1 Å². The summed E-state index contributed by atoms with van der Waals surface area (Å²) < 4.78 is 12.9. The first-order chi connectivity index (χ1) is 16.3. The van der Waals surface area contributed by atoms with Gasteiger partial charge in [0.25, 0.3) is 0 Å². The number of benzene rings is 3. The van der Waals surface area contributed by atoms with Crippen LogP contribution in [-0.2, 0) is 4.79 Å². The normalized spacial score (nSPS) is 22.8. The lowest BCUT2D eigenvalue weighted by Crippen LogP contribution is -2.72. The Balaban J connectivity index is 1.63. The number of methoxy groups -OCH3 is 1. The summed E-state index contributed by atoms with van der Waals surface area (Å²) in [6.45, 7) is 1.90. The number of rotatable bonds is 4. The molecule has 2 aliphatic heterocycles. The van der Waals surface area contributed by atoms with E-state index < -0.39 is 17.7 Å². The van der Waals surface area contributed by atoms with Crippen molar-refractivity contribution < 1.29 is 14.3 Å². The molecule has 9 heteroatoms. The number of halogens is 2. The predicted octanol–water partition coefficient (Wildman–Crippen LogP) is 5.91. The second-order valence-electron chi connectivity index (χ2n) is 8.28. The van der Waals surface area contributed by atoms with Crippen molar-refractivity contribution in [3.05, 3.63) is 81.8 Å². The van der Waals surface area contributed by atoms with Gasteiger partial charge in [0, 0.05) is 26.4 Å². The third kappa shape index (κ3) is 3.89. The summed E-state index contributed by atoms with van der Waals surface area (Å²) >= 11 is 15.3. The van der Waals surface area contributed by atoms with Crippen LogP contribution in [0.5, 0.6) is 11.5 Å². The van der Waals surface area contributed by atoms with E-state index in [1.54, 1.807) is 31.4 Å². The van der Waals surface area contributed by atoms with E-state index in [1.165, 1.54) is 0 Å². The number of fused-ring (bicyclic) bond motifs is 4. The average molecular weight is 559 g/mol. The third-order valence-electron chi connectivity index (χ3n) is 6.17. The number of ether oxygens (including phenoxy) is 2. The maximum atomic E-state index is 13.8. The van der Waals surface area contributed by atoms with Crippen molar-refractivity contribution in [1.82, 2.24) is 5.32 Å². The van der Waals surface area contributed by atoms with Crippen LogP contribution in [0.15, 0.2) is 71.2 Å². The Bertz CT molecular complexity index is 1290. The van der Waals surface area contributed by atoms with Crippen molar-refractivity contribution in [2.75, 3.05) is 17.3 Å². The molecule has 1 fully saturated rings. The minimum atomic E-state index is -1.11. The Morgan fingerprint density at radius 2 is 1.97 bits per heavy atom. The number of hydrogen-bond donors (Lipinski definition) is 2. The Morgan fingerprint density at radius 1 is 1.21 bits per heavy atom. The first-order valence-corrected chi connectivity index (χ1v) is 12.2. The van der Waals surface area contributed by atoms with Gasteiger partial charge in [0.05, 0.1) is 13.2 Å². The minimum absolute atomic E-state index is 0.210. The van der Waals surface area contributed by atoms with Crippen LogP contribution in [0.1, 0.15) is 18.5 Å². The van der Waals surface area contributed by atoms with Gasteiger partial charge in [-0.25, -0.2) is 0 Å². The van der Waals surface area contributed by atoms with Crippen molar-refractivity contribution in [1.29, 1.82) is 0 Å². The summed E-state index contributed by atoms with van der Waals surface area (Å²) in [6, 6.07) is 19.9. The molecule has 2 N–H and O–H groups in total. The average Bonchev–Trinajstić information content (AvgIpc) is 2.80. The van der Waals surface area contributed by atoms with Gasteiger partial charge in [0.1, 0.15) is 17.4 Å². The highest BCUT2D eigenvalue weighted by Gasteiger charge is 2.59. The Morgan fingerprint density at radius 3 is 2.68 bits per heavy atom. The van der Waals surface area contributed by atoms with E-state index in [4.69, 9.17) is 33.3 Å². The molecule has 0 unspecified atom stereocenters. The second-order valence-corrected chi connectivity index (χ2v) is 10.0. The summed E-state index contributed by atoms with van der Waals surface area (Å²) in [7, 11) is 1.61. The lowest BCUT2D eigenvalue weighted by Gasteiger charge is -2.56. The predicted molar refractivity (Wildman–Crippen MR) is 141 cm³/mol. The van der Waals surface area contributed by atoms with Crippen LogP contribution in [0.2, 0.25) is 5.02 Å². The number of anilines is 2. The fourth-order valence-corrected chi connectivity index (χ4v) is 5.57. The largest absolute Gasteiger partial charge is 0.497 e. The summed E-state index contributed by atoms with van der Waals surface area (Å²) in [4.78, 5) is 15.7. The monoisotopic (exact) mass is 557 g/mol. The van der Waals surface area contributed by atoms with E-state index in [-0.39, 0.29) is 5.91 Å². The number of amides is 1. The van der Waals surface area contributed by atoms with E-state index in [2.05, 4.69) is 26.6 Å². The highest BCUT2D eigenvalue weighted by atomic mass is 79.9. The molecular formula is C25H21BrClN3O3S. The molecule has 2 bridgehead atoms. The van der Waals surface area contributed by atoms with Gasteiger partial charge in [-0.2, -0.15) is 0 Å². The van der Waals surface area contributed by atoms with Gasteiger partial charge in [0.15, 0.2) is 10.8 Å². The fraction of sp³-hybridized carbons (Fsp3) is 0.200. The van der Waals surface area contributed by atoms with Gasteiger partial charge in [-0.3, -0.25) is 9.69 Å². The topological polar surface area (TPSA) is 62.8 Å². The zero-order valence-corrected chi connectivity index (χ0v) is 21.5. The van der Waals surface area contributed by atoms with Crippen molar-refractivity contribution in [2.45, 2.75) is 18.7 Å². The number of hydrogen-bond acceptors (Lipinski definition) is 4. The molecule has 0 aliphatic carbocycles. The molecule has 3 aromatic carbocycles. The lowest BCUT2D eigenvalue weighted by molar-refractivity contribution is -0.130. The number of nitrogens with one attached hydrogen (secondary N) is 2. The quantitative estimate of drug-likeness (QED) is 0.388. The molecule has 0 radical (unpaired) electrons. The standard InChI is InChI=1S/C25H21BrClN3O3S/c1-25-21(23(31)28-16-8-6-15(27)7-9-16)22(19-13-18(32-2)10-11-20(19)33-25)29-24(34)30(25)17-5-3-4-14(26)12-17/h3-13,21-22H,1-2H3,(H,28,31)(H,29,34)/t21-,22-,25+/m1/s1. The highest BCUT2D eigenvalue weighted by Crippen LogP contribution is 2.50. The molecular weight excluding hydrogens is 538 g/mol. The van der Waals surface area contributed by atoms with Crippen molar-refractivity contribution in [3.63, 3.8) is 0 Å². The Kier molecular flexibility index (Phi) is 5.91. The number of nitrogens with zero attached hydrogens (tertiary/aromatic N) is 1. The third-order valence-corrected chi connectivity index (χ3v) is 7.21. The molecule has 0 aromatic heterocycles. The first-order valence-electron chi connectivity index (χ1n) is 10.6. The van der Waals surface area contributed by atoms with Crippen LogP contribution in [0.3, 0.4) is 0 Å². The van der Waals surface area contributed by atoms with Crippen molar-refractivity contribution >= 4 is 62.1 Å². The molecule has 0 spiro atoms. The molecule has 1 saturated heterocycles. The summed E-state index contributed by atoms with van der Waals surface area (Å²) in [6.07, 6.45) is 0. The van der Waals surface area contributed by atoms with Crippen LogP contribution in [0.4, 0.5) is 11.4 Å². The lowest BCUT2D eigenvalue weighted by atomic mass is 9.78. The Labute approximate surface area is 216 Å². The number of thiocarbonyl (C=S) groups is 1. The number of carbonyl (C=O) groups excluding carboxylic acids is 1. The molecule has 0 saturated carbocycles. The summed E-state index contributed by atoms with van der Waals surface area (Å²) in [5.41, 5.74) is 1.15. The van der Waals surface area contributed by atoms with Gasteiger partial charge >= 0.3 is 0 Å². The minimum Gasteiger partial charge on any atom is -0.497 e. The van der Waals surface area contributed by atoms with Crippen LogP contribution in [-0.4, -0.2) is 23.9 Å². The zero-order valence-electron chi connectivity index (χ0n) is 18.3. The summed E-state index contributed by atoms with van der Waals surface area (Å²) in [5, 5.41) is 7.48. The fourth-order valence-electron chi connectivity index (χ4n) is 4.65. The molecule has 2 heterocycles. The van der Waals surface area contributed by atoms with Crippen LogP contribution in [0.25, 0.3) is 0 Å². The summed E-state index contributed by atoms with van der Waals surface area (Å²) in [5.74, 6) is 0.468. The maximum absolute atomic E-state index is 13.8. The Hall–Kier alpha value is -2.81. The molecule has 34 heavy (non-hydrogen) atoms. The zero-order chi connectivity index (χ0) is 24.0. The highest BCUT2D eigenvalue weighted by molar-refractivity contribution is 9.10. The molecule has 174 valence electrons. The first kappa shape index (κ1) is 23.0. The number of carbonyl (C=O) groups is 1. The van der Waals surface area contributed by atoms with Gasteiger partial charge in [0.2, 0.25) is 5.91 Å². The van der Waals surface area contributed by atoms with E-state index in [1.807, 2.05) is 54.3 Å². The van der Waals surface area contributed by atoms with Gasteiger partial charge in [-0.1, -0.05) is 33.6 Å². The SMILES string of the molecule is COc1ccc2c(c1)[C@H]1NC(=S)N(c3cccc(Br)c3)[C@@](C)(O2)[C@H]1C(=O)Nc1ccc(Cl)cc1. The molecule has 1 amide bonds. The second kappa shape index (κ2) is 8.76. The van der Waals surface area contributed by atoms with Crippen LogP contribution >= 0.6 is 39.7 Å². The van der Waals surface area contributed by atoms with E-state index >= 15 is 0 Å². The van der Waals surface area contributed by atoms with Crippen molar-refractivity contribution in [2.24, 2.45) is 5.92 Å². The van der Waals surface area contributed by atoms with Crippen molar-refractivity contribution in [3.8, 4) is 11.5 Å². The smallest absolute Gasteiger partial charge is 0.236 e. The van der Waals surface area contributed by atoms with E-state index in [0.717, 1.165) is 15.7 Å². The van der Waals surface area contributed by atoms with E-state index in [0.29, 0.717) is 27.3 Å². The molecule has 2 aliphatic rings. The van der Waals surface area contributed by atoms with Gasteiger partial charge in [-0.05, 0) is 79.8 Å². The van der Waals surface area contributed by atoms with Gasteiger partial charge in [-0.15, -0.1) is 0 Å². The van der Waals surface area contributed by atoms with Crippen LogP contribution < -0.4 is 25.0 Å². The van der Waals surface area contributed by atoms with Crippen LogP contribution in [0, 0.1) is 5.92 Å². The molecule has 3 atom stereocenters. The van der Waals surface area contributed by atoms with E-state index in [9.17, 15) is 4.79 Å².